The minimum atomic E-state index is -0.464. The van der Waals surface area contributed by atoms with Crippen molar-refractivity contribution >= 4 is 52.2 Å². The molecule has 1 saturated heterocycles. The summed E-state index contributed by atoms with van der Waals surface area (Å²) in [5.41, 5.74) is 1.90. The summed E-state index contributed by atoms with van der Waals surface area (Å²) < 4.78 is 0. The highest BCUT2D eigenvalue weighted by Gasteiger charge is 2.34. The van der Waals surface area contributed by atoms with Gasteiger partial charge in [0.05, 0.1) is 5.69 Å². The van der Waals surface area contributed by atoms with E-state index in [-0.39, 0.29) is 10.7 Å². The molecule has 6 heteroatoms. The Kier molecular flexibility index (Phi) is 4.59. The summed E-state index contributed by atoms with van der Waals surface area (Å²) in [6.45, 7) is 4.21. The van der Waals surface area contributed by atoms with E-state index in [2.05, 4.69) is 19.2 Å². The Morgan fingerprint density at radius 1 is 1.17 bits per heavy atom. The first-order valence-corrected chi connectivity index (χ1v) is 8.81. The molecular weight excluding hydrogens is 340 g/mol. The van der Waals surface area contributed by atoms with Crippen molar-refractivity contribution in [3.63, 3.8) is 0 Å². The molecule has 0 atom stereocenters. The van der Waals surface area contributed by atoms with Gasteiger partial charge in [0, 0.05) is 4.88 Å². The van der Waals surface area contributed by atoms with Gasteiger partial charge in [0.15, 0.2) is 5.11 Å². The van der Waals surface area contributed by atoms with Crippen molar-refractivity contribution < 1.29 is 9.59 Å². The number of amides is 2. The van der Waals surface area contributed by atoms with Crippen LogP contribution in [-0.2, 0) is 9.59 Å². The Bertz CT molecular complexity index is 821. The van der Waals surface area contributed by atoms with E-state index in [9.17, 15) is 9.59 Å². The van der Waals surface area contributed by atoms with Gasteiger partial charge in [-0.2, -0.15) is 0 Å². The lowest BCUT2D eigenvalue weighted by Gasteiger charge is -2.29. The van der Waals surface area contributed by atoms with Crippen molar-refractivity contribution in [2.75, 3.05) is 4.90 Å². The van der Waals surface area contributed by atoms with E-state index in [0.717, 1.165) is 4.88 Å². The van der Waals surface area contributed by atoms with E-state index in [1.807, 2.05) is 41.8 Å². The average molecular weight is 356 g/mol. The van der Waals surface area contributed by atoms with Crippen molar-refractivity contribution in [2.45, 2.75) is 19.8 Å². The highest BCUT2D eigenvalue weighted by molar-refractivity contribution is 7.80. The number of hydrogen-bond acceptors (Lipinski definition) is 4. The number of carbonyl (C=O) groups excluding carboxylic acids is 2. The SMILES string of the molecule is CC(C)c1ccc(N2C(=O)/C(=C/c3cccs3)C(=O)NC2=S)cc1. The van der Waals surface area contributed by atoms with Crippen LogP contribution in [0.3, 0.4) is 0 Å². The zero-order chi connectivity index (χ0) is 17.3. The number of nitrogens with zero attached hydrogens (tertiary/aromatic N) is 1. The second-order valence-corrected chi connectivity index (χ2v) is 7.09. The monoisotopic (exact) mass is 356 g/mol. The maximum absolute atomic E-state index is 12.8. The van der Waals surface area contributed by atoms with Gasteiger partial charge in [0.2, 0.25) is 0 Å². The van der Waals surface area contributed by atoms with Gasteiger partial charge in [0.1, 0.15) is 5.57 Å². The van der Waals surface area contributed by atoms with Gasteiger partial charge in [-0.3, -0.25) is 19.8 Å². The molecule has 1 aliphatic rings. The van der Waals surface area contributed by atoms with Crippen LogP contribution >= 0.6 is 23.6 Å². The summed E-state index contributed by atoms with van der Waals surface area (Å²) in [5, 5.41) is 4.59. The van der Waals surface area contributed by atoms with Crippen LogP contribution in [0.4, 0.5) is 5.69 Å². The number of hydrogen-bond donors (Lipinski definition) is 1. The van der Waals surface area contributed by atoms with Gasteiger partial charge >= 0.3 is 0 Å². The molecule has 2 aromatic rings. The van der Waals surface area contributed by atoms with Crippen molar-refractivity contribution in [1.29, 1.82) is 0 Å². The van der Waals surface area contributed by atoms with Crippen LogP contribution in [-0.4, -0.2) is 16.9 Å². The highest BCUT2D eigenvalue weighted by atomic mass is 32.1. The summed E-state index contributed by atoms with van der Waals surface area (Å²) in [6, 6.07) is 11.4. The van der Waals surface area contributed by atoms with Crippen LogP contribution in [0.25, 0.3) is 6.08 Å². The topological polar surface area (TPSA) is 49.4 Å². The van der Waals surface area contributed by atoms with Gasteiger partial charge in [-0.1, -0.05) is 32.0 Å². The van der Waals surface area contributed by atoms with Crippen LogP contribution in [0, 0.1) is 0 Å². The first-order chi connectivity index (χ1) is 11.5. The van der Waals surface area contributed by atoms with Gasteiger partial charge < -0.3 is 0 Å². The minimum Gasteiger partial charge on any atom is -0.298 e. The highest BCUT2D eigenvalue weighted by Crippen LogP contribution is 2.25. The average Bonchev–Trinajstić information content (AvgIpc) is 3.05. The van der Waals surface area contributed by atoms with Crippen molar-refractivity contribution in [3.05, 3.63) is 57.8 Å². The number of nitrogens with one attached hydrogen (secondary N) is 1. The first-order valence-electron chi connectivity index (χ1n) is 7.52. The summed E-state index contributed by atoms with van der Waals surface area (Å²) in [5.74, 6) is -0.472. The second kappa shape index (κ2) is 6.67. The van der Waals surface area contributed by atoms with E-state index in [0.29, 0.717) is 11.6 Å². The number of anilines is 1. The molecule has 3 rings (SSSR count). The van der Waals surface area contributed by atoms with Crippen LogP contribution in [0.2, 0.25) is 0 Å². The summed E-state index contributed by atoms with van der Waals surface area (Å²) >= 11 is 6.66. The molecule has 0 aliphatic carbocycles. The minimum absolute atomic E-state index is 0.0824. The summed E-state index contributed by atoms with van der Waals surface area (Å²) in [4.78, 5) is 27.2. The Morgan fingerprint density at radius 2 is 1.88 bits per heavy atom. The Morgan fingerprint density at radius 3 is 2.46 bits per heavy atom. The van der Waals surface area contributed by atoms with E-state index < -0.39 is 11.8 Å². The molecule has 1 aliphatic heterocycles. The molecule has 0 unspecified atom stereocenters. The fourth-order valence-electron chi connectivity index (χ4n) is 2.42. The fourth-order valence-corrected chi connectivity index (χ4v) is 3.35. The number of thiophene rings is 1. The number of benzene rings is 1. The predicted molar refractivity (Wildman–Crippen MR) is 101 cm³/mol. The Labute approximate surface area is 149 Å². The molecule has 1 aromatic heterocycles. The third-order valence-electron chi connectivity index (χ3n) is 3.75. The van der Waals surface area contributed by atoms with Crippen LogP contribution in [0.5, 0.6) is 0 Å². The molecule has 0 saturated carbocycles. The van der Waals surface area contributed by atoms with Crippen LogP contribution < -0.4 is 10.2 Å². The molecular formula is C18H16N2O2S2. The smallest absolute Gasteiger partial charge is 0.270 e. The Hall–Kier alpha value is -2.31. The van der Waals surface area contributed by atoms with E-state index >= 15 is 0 Å². The number of carbonyl (C=O) groups is 2. The number of rotatable bonds is 3. The lowest BCUT2D eigenvalue weighted by molar-refractivity contribution is -0.122. The van der Waals surface area contributed by atoms with Crippen LogP contribution in [0.15, 0.2) is 47.4 Å². The number of thiocarbonyl (C=S) groups is 1. The maximum atomic E-state index is 12.8. The summed E-state index contributed by atoms with van der Waals surface area (Å²) in [6.07, 6.45) is 1.60. The third-order valence-corrected chi connectivity index (χ3v) is 4.85. The van der Waals surface area contributed by atoms with Gasteiger partial charge in [-0.15, -0.1) is 11.3 Å². The van der Waals surface area contributed by atoms with E-state index in [1.54, 1.807) is 6.08 Å². The maximum Gasteiger partial charge on any atom is 0.270 e. The van der Waals surface area contributed by atoms with Crippen LogP contribution in [0.1, 0.15) is 30.2 Å². The largest absolute Gasteiger partial charge is 0.298 e. The van der Waals surface area contributed by atoms with Gasteiger partial charge in [0.25, 0.3) is 11.8 Å². The zero-order valence-electron chi connectivity index (χ0n) is 13.3. The lowest BCUT2D eigenvalue weighted by atomic mass is 10.0. The molecule has 4 nitrogen and oxygen atoms in total. The summed E-state index contributed by atoms with van der Waals surface area (Å²) in [7, 11) is 0. The lowest BCUT2D eigenvalue weighted by Crippen LogP contribution is -2.54. The van der Waals surface area contributed by atoms with E-state index in [4.69, 9.17) is 12.2 Å². The first kappa shape index (κ1) is 16.5. The molecule has 1 N–H and O–H groups in total. The molecule has 0 spiro atoms. The normalized spacial score (nSPS) is 16.9. The van der Waals surface area contributed by atoms with Crippen molar-refractivity contribution in [3.8, 4) is 0 Å². The molecule has 1 aromatic carbocycles. The van der Waals surface area contributed by atoms with Gasteiger partial charge in [-0.25, -0.2) is 0 Å². The quantitative estimate of drug-likeness (QED) is 0.518. The molecule has 0 bridgehead atoms. The molecule has 24 heavy (non-hydrogen) atoms. The third kappa shape index (κ3) is 3.16. The van der Waals surface area contributed by atoms with E-state index in [1.165, 1.54) is 21.8 Å². The molecule has 1 fully saturated rings. The second-order valence-electron chi connectivity index (χ2n) is 5.72. The molecule has 2 heterocycles. The Balaban J connectivity index is 1.96. The predicted octanol–water partition coefficient (Wildman–Crippen LogP) is 3.70. The van der Waals surface area contributed by atoms with Gasteiger partial charge in [-0.05, 0) is 53.4 Å². The fraction of sp³-hybridized carbons (Fsp3) is 0.167. The van der Waals surface area contributed by atoms with Crippen molar-refractivity contribution in [1.82, 2.24) is 5.32 Å². The van der Waals surface area contributed by atoms with Crippen molar-refractivity contribution in [2.24, 2.45) is 0 Å². The molecule has 2 amide bonds. The molecule has 122 valence electrons. The molecule has 0 radical (unpaired) electrons. The zero-order valence-corrected chi connectivity index (χ0v) is 14.9. The standard InChI is InChI=1S/C18H16N2O2S2/c1-11(2)12-5-7-13(8-6-12)20-17(22)15(16(21)19-18(20)23)10-14-4-3-9-24-14/h3-11H,1-2H3,(H,19,21,23)/b15-10+.